The molecule has 0 aliphatic carbocycles. The summed E-state index contributed by atoms with van der Waals surface area (Å²) in [4.78, 5) is 32.8. The number of hydrogen-bond acceptors (Lipinski definition) is 8. The number of amides is 1. The lowest BCUT2D eigenvalue weighted by Crippen LogP contribution is -2.33. The van der Waals surface area contributed by atoms with Gasteiger partial charge in [0.05, 0.1) is 36.9 Å². The van der Waals surface area contributed by atoms with E-state index in [0.29, 0.717) is 45.5 Å². The molecule has 3 aromatic rings. The second-order valence-corrected chi connectivity index (χ2v) is 7.98. The molecule has 0 radical (unpaired) electrons. The number of esters is 1. The van der Waals surface area contributed by atoms with Crippen LogP contribution in [0.3, 0.4) is 0 Å². The number of fused-ring (bicyclic) bond motifs is 1. The normalized spacial score (nSPS) is 11.4. The molecule has 0 fully saturated rings. The second-order valence-electron chi connectivity index (χ2n) is 6.98. The van der Waals surface area contributed by atoms with Crippen LogP contribution in [0.4, 0.5) is 5.69 Å². The summed E-state index contributed by atoms with van der Waals surface area (Å²) in [6.45, 7) is 6.32. The number of nitrogens with one attached hydrogen (secondary N) is 1. The van der Waals surface area contributed by atoms with Crippen molar-refractivity contribution in [3.8, 4) is 0 Å². The van der Waals surface area contributed by atoms with Gasteiger partial charge in [0.2, 0.25) is 0 Å². The topological polar surface area (TPSA) is 93.9 Å². The number of pyridine rings is 1. The molecule has 0 saturated carbocycles. The molecule has 0 aliphatic heterocycles. The minimum Gasteiger partial charge on any atom is -0.472 e. The van der Waals surface area contributed by atoms with E-state index < -0.39 is 5.97 Å². The summed E-state index contributed by atoms with van der Waals surface area (Å²) in [6, 6.07) is 5.67. The molecule has 3 aromatic heterocycles. The van der Waals surface area contributed by atoms with E-state index in [4.69, 9.17) is 18.9 Å². The SMILES string of the molecule is COCCN(Cc1ccc2c(NC(=O)c3ccoc3)c(C(=O)OC)sc2n1)C(C)C. The predicted octanol–water partition coefficient (Wildman–Crippen LogP) is 3.79. The Balaban J connectivity index is 1.93. The molecule has 9 heteroatoms. The summed E-state index contributed by atoms with van der Waals surface area (Å²) in [5.41, 5.74) is 1.63. The number of carbonyl (C=O) groups excluding carboxylic acids is 2. The Morgan fingerprint density at radius 1 is 1.27 bits per heavy atom. The fourth-order valence-electron chi connectivity index (χ4n) is 2.98. The molecule has 1 N–H and O–H groups in total. The third-order valence-corrected chi connectivity index (χ3v) is 5.76. The van der Waals surface area contributed by atoms with Crippen LogP contribution in [-0.4, -0.2) is 55.2 Å². The lowest BCUT2D eigenvalue weighted by molar-refractivity contribution is 0.0607. The number of thiophene rings is 1. The summed E-state index contributed by atoms with van der Waals surface area (Å²) in [5.74, 6) is -0.894. The number of aromatic nitrogens is 1. The van der Waals surface area contributed by atoms with Gasteiger partial charge in [0.1, 0.15) is 16.0 Å². The zero-order valence-corrected chi connectivity index (χ0v) is 18.2. The minimum atomic E-state index is -0.522. The fourth-order valence-corrected chi connectivity index (χ4v) is 4.05. The van der Waals surface area contributed by atoms with Crippen molar-refractivity contribution < 1.29 is 23.5 Å². The molecule has 0 unspecified atom stereocenters. The summed E-state index contributed by atoms with van der Waals surface area (Å²) in [5, 5.41) is 3.49. The number of anilines is 1. The van der Waals surface area contributed by atoms with Gasteiger partial charge in [0.15, 0.2) is 0 Å². The minimum absolute atomic E-state index is 0.300. The summed E-state index contributed by atoms with van der Waals surface area (Å²) in [7, 11) is 2.99. The van der Waals surface area contributed by atoms with Crippen LogP contribution in [0.15, 0.2) is 35.1 Å². The Morgan fingerprint density at radius 3 is 2.70 bits per heavy atom. The molecule has 0 atom stereocenters. The molecular weight excluding hydrogens is 406 g/mol. The van der Waals surface area contributed by atoms with Gasteiger partial charge in [-0.2, -0.15) is 0 Å². The summed E-state index contributed by atoms with van der Waals surface area (Å²) >= 11 is 1.20. The average Bonchev–Trinajstić information content (AvgIpc) is 3.38. The van der Waals surface area contributed by atoms with Crippen LogP contribution in [0.5, 0.6) is 0 Å². The number of rotatable bonds is 9. The largest absolute Gasteiger partial charge is 0.472 e. The maximum atomic E-state index is 12.5. The van der Waals surface area contributed by atoms with Crippen molar-refractivity contribution in [2.75, 3.05) is 32.7 Å². The van der Waals surface area contributed by atoms with E-state index >= 15 is 0 Å². The van der Waals surface area contributed by atoms with Gasteiger partial charge in [-0.25, -0.2) is 9.78 Å². The van der Waals surface area contributed by atoms with Crippen LogP contribution in [0, 0.1) is 0 Å². The first-order valence-corrected chi connectivity index (χ1v) is 10.3. The molecule has 0 saturated heterocycles. The zero-order chi connectivity index (χ0) is 21.7. The number of hydrogen-bond donors (Lipinski definition) is 1. The number of carbonyl (C=O) groups is 2. The van der Waals surface area contributed by atoms with Crippen LogP contribution in [0.2, 0.25) is 0 Å². The van der Waals surface area contributed by atoms with Crippen molar-refractivity contribution in [3.63, 3.8) is 0 Å². The smallest absolute Gasteiger partial charge is 0.350 e. The Bertz CT molecular complexity index is 1010. The number of ether oxygens (including phenoxy) is 2. The number of nitrogens with zero attached hydrogens (tertiary/aromatic N) is 2. The summed E-state index contributed by atoms with van der Waals surface area (Å²) in [6.07, 6.45) is 2.76. The van der Waals surface area contributed by atoms with Crippen molar-refractivity contribution in [1.82, 2.24) is 9.88 Å². The van der Waals surface area contributed by atoms with Gasteiger partial charge in [0, 0.05) is 31.6 Å². The van der Waals surface area contributed by atoms with Crippen molar-refractivity contribution in [1.29, 1.82) is 0 Å². The Labute approximate surface area is 178 Å². The number of methoxy groups -OCH3 is 2. The van der Waals surface area contributed by atoms with E-state index in [1.807, 2.05) is 12.1 Å². The highest BCUT2D eigenvalue weighted by Crippen LogP contribution is 2.36. The standard InChI is InChI=1S/C21H25N3O5S/c1-13(2)24(8-10-27-3)11-15-5-6-16-17(23-19(25)14-7-9-29-12-14)18(21(26)28-4)30-20(16)22-15/h5-7,9,12-13H,8,10-11H2,1-4H3,(H,23,25). The highest BCUT2D eigenvalue weighted by molar-refractivity contribution is 7.21. The van der Waals surface area contributed by atoms with Gasteiger partial charge in [-0.3, -0.25) is 9.69 Å². The molecule has 0 spiro atoms. The van der Waals surface area contributed by atoms with Gasteiger partial charge in [0.25, 0.3) is 5.91 Å². The predicted molar refractivity (Wildman–Crippen MR) is 115 cm³/mol. The van der Waals surface area contributed by atoms with Gasteiger partial charge >= 0.3 is 5.97 Å². The van der Waals surface area contributed by atoms with E-state index in [2.05, 4.69) is 24.1 Å². The molecule has 0 aromatic carbocycles. The number of furan rings is 1. The molecule has 3 heterocycles. The van der Waals surface area contributed by atoms with E-state index in [0.717, 1.165) is 12.2 Å². The van der Waals surface area contributed by atoms with Crippen LogP contribution in [0.1, 0.15) is 39.6 Å². The molecule has 0 aliphatic rings. The quantitative estimate of drug-likeness (QED) is 0.515. The third kappa shape index (κ3) is 4.86. The first kappa shape index (κ1) is 21.9. The van der Waals surface area contributed by atoms with Crippen LogP contribution in [-0.2, 0) is 16.0 Å². The molecular formula is C21H25N3O5S. The molecule has 0 bridgehead atoms. The Morgan fingerprint density at radius 2 is 2.07 bits per heavy atom. The third-order valence-electron chi connectivity index (χ3n) is 4.68. The first-order valence-electron chi connectivity index (χ1n) is 9.51. The van der Waals surface area contributed by atoms with Gasteiger partial charge in [-0.05, 0) is 32.0 Å². The molecule has 1 amide bonds. The maximum absolute atomic E-state index is 12.5. The van der Waals surface area contributed by atoms with E-state index in [1.54, 1.807) is 13.2 Å². The molecule has 30 heavy (non-hydrogen) atoms. The fraction of sp³-hybridized carbons (Fsp3) is 0.381. The maximum Gasteiger partial charge on any atom is 0.350 e. The van der Waals surface area contributed by atoms with Gasteiger partial charge in [-0.15, -0.1) is 11.3 Å². The Hall–Kier alpha value is -2.75. The van der Waals surface area contributed by atoms with Crippen molar-refractivity contribution in [3.05, 3.63) is 46.9 Å². The van der Waals surface area contributed by atoms with Crippen LogP contribution >= 0.6 is 11.3 Å². The Kier molecular flexibility index (Phi) is 7.20. The van der Waals surface area contributed by atoms with Gasteiger partial charge in [-0.1, -0.05) is 0 Å². The molecule has 8 nitrogen and oxygen atoms in total. The van der Waals surface area contributed by atoms with Gasteiger partial charge < -0.3 is 19.2 Å². The monoisotopic (exact) mass is 431 g/mol. The second kappa shape index (κ2) is 9.84. The molecule has 160 valence electrons. The first-order chi connectivity index (χ1) is 14.4. The highest BCUT2D eigenvalue weighted by Gasteiger charge is 2.23. The van der Waals surface area contributed by atoms with E-state index in [1.165, 1.54) is 31.0 Å². The van der Waals surface area contributed by atoms with Crippen LogP contribution < -0.4 is 5.32 Å². The van der Waals surface area contributed by atoms with Crippen LogP contribution in [0.25, 0.3) is 10.2 Å². The van der Waals surface area contributed by atoms with Crippen molar-refractivity contribution in [2.24, 2.45) is 0 Å². The summed E-state index contributed by atoms with van der Waals surface area (Å²) < 4.78 is 15.1. The highest BCUT2D eigenvalue weighted by atomic mass is 32.1. The lowest BCUT2D eigenvalue weighted by atomic mass is 10.2. The van der Waals surface area contributed by atoms with E-state index in [-0.39, 0.29) is 5.91 Å². The van der Waals surface area contributed by atoms with Crippen molar-refractivity contribution >= 4 is 39.1 Å². The van der Waals surface area contributed by atoms with Crippen molar-refractivity contribution in [2.45, 2.75) is 26.4 Å². The van der Waals surface area contributed by atoms with E-state index in [9.17, 15) is 9.59 Å². The zero-order valence-electron chi connectivity index (χ0n) is 17.4. The lowest BCUT2D eigenvalue weighted by Gasteiger charge is -2.25. The average molecular weight is 432 g/mol. The molecule has 3 rings (SSSR count).